The fraction of sp³-hybridized carbons (Fsp3) is 0.556. The number of carbonyl (C=O) groups is 2. The molecule has 2 rings (SSSR count). The van der Waals surface area contributed by atoms with E-state index in [1.165, 1.54) is 13.0 Å². The van der Waals surface area contributed by atoms with E-state index in [1.54, 1.807) is 0 Å². The normalized spacial score (nSPS) is 17.9. The molecule has 0 aromatic heterocycles. The van der Waals surface area contributed by atoms with Gasteiger partial charge in [0.05, 0.1) is 18.0 Å². The predicted molar refractivity (Wildman–Crippen MR) is 100 cm³/mol. The van der Waals surface area contributed by atoms with Crippen molar-refractivity contribution >= 4 is 21.8 Å². The molecule has 1 fully saturated rings. The Morgan fingerprint density at radius 1 is 1.29 bits per heavy atom. The maximum absolute atomic E-state index is 13.3. The van der Waals surface area contributed by atoms with Crippen LogP contribution in [0.5, 0.6) is 0 Å². The van der Waals surface area contributed by atoms with E-state index in [-0.39, 0.29) is 23.5 Å². The summed E-state index contributed by atoms with van der Waals surface area (Å²) in [7, 11) is -3.95. The van der Waals surface area contributed by atoms with Crippen molar-refractivity contribution in [2.24, 2.45) is 0 Å². The molecular formula is C18H26FN3O5S. The van der Waals surface area contributed by atoms with Crippen LogP contribution < -0.4 is 10.6 Å². The van der Waals surface area contributed by atoms with Crippen LogP contribution >= 0.6 is 0 Å². The number of nitrogens with zero attached hydrogens (tertiary/aromatic N) is 1. The molecule has 1 aliphatic heterocycles. The fourth-order valence-corrected chi connectivity index (χ4v) is 4.62. The second-order valence-corrected chi connectivity index (χ2v) is 8.38. The highest BCUT2D eigenvalue weighted by molar-refractivity contribution is 7.89. The summed E-state index contributed by atoms with van der Waals surface area (Å²) in [4.78, 5) is 23.6. The maximum atomic E-state index is 13.3. The van der Waals surface area contributed by atoms with E-state index in [4.69, 9.17) is 4.74 Å². The Morgan fingerprint density at radius 3 is 2.68 bits per heavy atom. The number of amides is 2. The molecule has 1 atom stereocenters. The van der Waals surface area contributed by atoms with E-state index in [2.05, 4.69) is 10.6 Å². The van der Waals surface area contributed by atoms with E-state index in [9.17, 15) is 22.4 Å². The molecule has 0 unspecified atom stereocenters. The van der Waals surface area contributed by atoms with E-state index in [0.29, 0.717) is 19.6 Å². The van der Waals surface area contributed by atoms with Crippen molar-refractivity contribution in [3.05, 3.63) is 29.6 Å². The standard InChI is InChI=1S/C18H26FN3O5S/c1-3-4-8-20-17(23)18(24)21-12-16-22(9-5-10-27-16)28(25,26)15-7-6-14(19)11-13(15)2/h6-7,11,16H,3-5,8-10,12H2,1-2H3,(H,20,23)(H,21,24)/t16-/m0/s1. The Hall–Kier alpha value is -2.04. The molecule has 0 spiro atoms. The summed E-state index contributed by atoms with van der Waals surface area (Å²) < 4.78 is 46.0. The minimum atomic E-state index is -3.95. The topological polar surface area (TPSA) is 105 Å². The molecule has 0 bridgehead atoms. The summed E-state index contributed by atoms with van der Waals surface area (Å²) in [5.41, 5.74) is 0.281. The van der Waals surface area contributed by atoms with Gasteiger partial charge < -0.3 is 15.4 Å². The van der Waals surface area contributed by atoms with Gasteiger partial charge in [-0.1, -0.05) is 13.3 Å². The summed E-state index contributed by atoms with van der Waals surface area (Å²) >= 11 is 0. The number of carbonyl (C=O) groups excluding carboxylic acids is 2. The molecule has 1 aromatic carbocycles. The maximum Gasteiger partial charge on any atom is 0.309 e. The SMILES string of the molecule is CCCCNC(=O)C(=O)NC[C@@H]1OCCCN1S(=O)(=O)c1ccc(F)cc1C. The first kappa shape index (κ1) is 22.3. The lowest BCUT2D eigenvalue weighted by molar-refractivity contribution is -0.140. The fourth-order valence-electron chi connectivity index (χ4n) is 2.85. The summed E-state index contributed by atoms with van der Waals surface area (Å²) in [6, 6.07) is 3.45. The third kappa shape index (κ3) is 5.49. The van der Waals surface area contributed by atoms with Crippen LogP contribution in [0.15, 0.2) is 23.1 Å². The van der Waals surface area contributed by atoms with Gasteiger partial charge in [0.1, 0.15) is 12.0 Å². The number of nitrogens with one attached hydrogen (secondary N) is 2. The number of unbranched alkanes of at least 4 members (excludes halogenated alkanes) is 1. The van der Waals surface area contributed by atoms with Crippen molar-refractivity contribution in [1.29, 1.82) is 0 Å². The van der Waals surface area contributed by atoms with Gasteiger partial charge in [-0.2, -0.15) is 4.31 Å². The second-order valence-electron chi connectivity index (χ2n) is 6.52. The van der Waals surface area contributed by atoms with Crippen molar-refractivity contribution < 1.29 is 27.1 Å². The first-order valence-corrected chi connectivity index (χ1v) is 10.7. The number of ether oxygens (including phenoxy) is 1. The van der Waals surface area contributed by atoms with Crippen molar-refractivity contribution in [2.75, 3.05) is 26.2 Å². The Balaban J connectivity index is 2.07. The van der Waals surface area contributed by atoms with Crippen LogP contribution in [-0.4, -0.2) is 57.0 Å². The molecule has 8 nitrogen and oxygen atoms in total. The quantitative estimate of drug-likeness (QED) is 0.509. The first-order chi connectivity index (χ1) is 13.3. The summed E-state index contributed by atoms with van der Waals surface area (Å²) in [6.45, 7) is 4.23. The zero-order chi connectivity index (χ0) is 20.7. The zero-order valence-corrected chi connectivity index (χ0v) is 16.9. The van der Waals surface area contributed by atoms with Crippen LogP contribution in [-0.2, 0) is 24.3 Å². The van der Waals surface area contributed by atoms with Gasteiger partial charge in [-0.3, -0.25) is 9.59 Å². The highest BCUT2D eigenvalue weighted by Crippen LogP contribution is 2.25. The Morgan fingerprint density at radius 2 is 2.00 bits per heavy atom. The van der Waals surface area contributed by atoms with Crippen molar-refractivity contribution in [2.45, 2.75) is 44.2 Å². The van der Waals surface area contributed by atoms with Crippen molar-refractivity contribution in [1.82, 2.24) is 14.9 Å². The number of benzene rings is 1. The number of rotatable bonds is 7. The van der Waals surface area contributed by atoms with Gasteiger partial charge in [-0.25, -0.2) is 12.8 Å². The van der Waals surface area contributed by atoms with Crippen LogP contribution in [0.2, 0.25) is 0 Å². The average molecular weight is 415 g/mol. The Labute approximate surface area is 164 Å². The molecule has 28 heavy (non-hydrogen) atoms. The molecule has 0 radical (unpaired) electrons. The molecule has 1 aliphatic rings. The molecular weight excluding hydrogens is 389 g/mol. The van der Waals surface area contributed by atoms with E-state index in [1.807, 2.05) is 6.92 Å². The van der Waals surface area contributed by atoms with E-state index >= 15 is 0 Å². The molecule has 1 heterocycles. The largest absolute Gasteiger partial charge is 0.360 e. The molecule has 2 N–H and O–H groups in total. The first-order valence-electron chi connectivity index (χ1n) is 9.23. The second kappa shape index (κ2) is 9.94. The average Bonchev–Trinajstić information content (AvgIpc) is 2.66. The third-order valence-corrected chi connectivity index (χ3v) is 6.39. The summed E-state index contributed by atoms with van der Waals surface area (Å²) in [5, 5.41) is 4.91. The van der Waals surface area contributed by atoms with Gasteiger partial charge in [-0.05, 0) is 43.5 Å². The number of aryl methyl sites for hydroxylation is 1. The van der Waals surface area contributed by atoms with Crippen molar-refractivity contribution in [3.63, 3.8) is 0 Å². The minimum absolute atomic E-state index is 0.0203. The Bertz CT molecular complexity index is 815. The smallest absolute Gasteiger partial charge is 0.309 e. The highest BCUT2D eigenvalue weighted by Gasteiger charge is 2.35. The summed E-state index contributed by atoms with van der Waals surface area (Å²) in [6.07, 6.45) is 1.18. The molecule has 156 valence electrons. The molecule has 0 aliphatic carbocycles. The number of halogens is 1. The monoisotopic (exact) mass is 415 g/mol. The molecule has 10 heteroatoms. The lowest BCUT2D eigenvalue weighted by Crippen LogP contribution is -2.53. The van der Waals surface area contributed by atoms with Crippen LogP contribution in [0.4, 0.5) is 4.39 Å². The highest BCUT2D eigenvalue weighted by atomic mass is 32.2. The van der Waals surface area contributed by atoms with Gasteiger partial charge in [0.2, 0.25) is 10.0 Å². The number of hydrogen-bond donors (Lipinski definition) is 2. The van der Waals surface area contributed by atoms with Gasteiger partial charge in [0, 0.05) is 13.1 Å². The number of hydrogen-bond acceptors (Lipinski definition) is 5. The predicted octanol–water partition coefficient (Wildman–Crippen LogP) is 0.904. The van der Waals surface area contributed by atoms with Crippen LogP contribution in [0.3, 0.4) is 0 Å². The number of sulfonamides is 1. The van der Waals surface area contributed by atoms with Crippen LogP contribution in [0, 0.1) is 12.7 Å². The van der Waals surface area contributed by atoms with Gasteiger partial charge >= 0.3 is 11.8 Å². The van der Waals surface area contributed by atoms with Gasteiger partial charge in [-0.15, -0.1) is 0 Å². The van der Waals surface area contributed by atoms with E-state index < -0.39 is 33.9 Å². The van der Waals surface area contributed by atoms with Crippen molar-refractivity contribution in [3.8, 4) is 0 Å². The van der Waals surface area contributed by atoms with Crippen LogP contribution in [0.1, 0.15) is 31.7 Å². The zero-order valence-electron chi connectivity index (χ0n) is 16.0. The van der Waals surface area contributed by atoms with Gasteiger partial charge in [0.25, 0.3) is 0 Å². The lowest BCUT2D eigenvalue weighted by atomic mass is 10.2. The van der Waals surface area contributed by atoms with E-state index in [0.717, 1.165) is 29.3 Å². The van der Waals surface area contributed by atoms with Gasteiger partial charge in [0.15, 0.2) is 0 Å². The molecule has 2 amide bonds. The molecule has 1 saturated heterocycles. The third-order valence-electron chi connectivity index (χ3n) is 4.34. The summed E-state index contributed by atoms with van der Waals surface area (Å²) in [5.74, 6) is -2.14. The minimum Gasteiger partial charge on any atom is -0.360 e. The molecule has 0 saturated carbocycles. The molecule has 1 aromatic rings. The lowest BCUT2D eigenvalue weighted by Gasteiger charge is -2.34. The van der Waals surface area contributed by atoms with Crippen LogP contribution in [0.25, 0.3) is 0 Å². The Kier molecular flexibility index (Phi) is 7.90.